The molecule has 0 radical (unpaired) electrons. The second-order valence-corrected chi connectivity index (χ2v) is 6.12. The maximum absolute atomic E-state index is 12.3. The van der Waals surface area contributed by atoms with Gasteiger partial charge in [-0.25, -0.2) is 4.79 Å². The van der Waals surface area contributed by atoms with Gasteiger partial charge in [0.05, 0.1) is 0 Å². The first-order chi connectivity index (χ1) is 11.6. The molecular formula is C17H23N3O4. The molecule has 1 atom stereocenters. The number of hydrogen-bond donors (Lipinski definition) is 2. The third kappa shape index (κ3) is 3.90. The summed E-state index contributed by atoms with van der Waals surface area (Å²) >= 11 is 0. The highest BCUT2D eigenvalue weighted by molar-refractivity contribution is 5.87. The second-order valence-electron chi connectivity index (χ2n) is 6.12. The lowest BCUT2D eigenvalue weighted by atomic mass is 10.1. The Kier molecular flexibility index (Phi) is 5.08. The molecule has 0 unspecified atom stereocenters. The van der Waals surface area contributed by atoms with Gasteiger partial charge in [0, 0.05) is 20.1 Å². The molecule has 3 rings (SSSR count). The molecule has 0 spiro atoms. The van der Waals surface area contributed by atoms with Gasteiger partial charge in [0.1, 0.15) is 19.3 Å². The van der Waals surface area contributed by atoms with Crippen molar-refractivity contribution in [3.05, 3.63) is 23.8 Å². The van der Waals surface area contributed by atoms with E-state index < -0.39 is 6.04 Å². The number of rotatable bonds is 3. The van der Waals surface area contributed by atoms with Gasteiger partial charge in [0.25, 0.3) is 0 Å². The Morgan fingerprint density at radius 2 is 2.08 bits per heavy atom. The van der Waals surface area contributed by atoms with Crippen LogP contribution in [0.15, 0.2) is 18.2 Å². The highest BCUT2D eigenvalue weighted by Gasteiger charge is 2.24. The monoisotopic (exact) mass is 333 g/mol. The summed E-state index contributed by atoms with van der Waals surface area (Å²) in [5, 5.41) is 5.63. The minimum Gasteiger partial charge on any atom is -0.486 e. The van der Waals surface area contributed by atoms with Gasteiger partial charge in [0.2, 0.25) is 5.91 Å². The highest BCUT2D eigenvalue weighted by atomic mass is 16.6. The average Bonchev–Trinajstić information content (AvgIpc) is 2.79. The van der Waals surface area contributed by atoms with E-state index in [1.54, 1.807) is 11.9 Å². The number of carbonyl (C=O) groups is 2. The van der Waals surface area contributed by atoms with Crippen LogP contribution >= 0.6 is 0 Å². The normalized spacial score (nSPS) is 19.9. The highest BCUT2D eigenvalue weighted by Crippen LogP contribution is 2.31. The molecule has 130 valence electrons. The predicted octanol–water partition coefficient (Wildman–Crippen LogP) is 1.27. The largest absolute Gasteiger partial charge is 0.486 e. The predicted molar refractivity (Wildman–Crippen MR) is 88.1 cm³/mol. The molecule has 7 heteroatoms. The van der Waals surface area contributed by atoms with Crippen LogP contribution in [0.3, 0.4) is 0 Å². The van der Waals surface area contributed by atoms with Crippen LogP contribution in [-0.4, -0.2) is 49.7 Å². The molecule has 2 heterocycles. The molecule has 2 aliphatic rings. The molecule has 0 aliphatic carbocycles. The van der Waals surface area contributed by atoms with Crippen LogP contribution in [0, 0.1) is 0 Å². The van der Waals surface area contributed by atoms with Gasteiger partial charge in [-0.3, -0.25) is 4.79 Å². The van der Waals surface area contributed by atoms with E-state index in [2.05, 4.69) is 10.6 Å². The van der Waals surface area contributed by atoms with Gasteiger partial charge in [-0.2, -0.15) is 0 Å². The van der Waals surface area contributed by atoms with Gasteiger partial charge >= 0.3 is 6.03 Å². The summed E-state index contributed by atoms with van der Waals surface area (Å²) < 4.78 is 11.1. The molecule has 1 aromatic carbocycles. The van der Waals surface area contributed by atoms with E-state index in [1.165, 1.54) is 0 Å². The number of fused-ring (bicyclic) bond motifs is 1. The standard InChI is InChI=1S/C17H23N3O4/c1-20(17(22)19-13-4-2-3-7-18-16(13)21)11-12-5-6-14-15(10-12)24-9-8-23-14/h5-6,10,13H,2-4,7-9,11H2,1H3,(H,18,21)(H,19,22)/t13-/m1/s1. The Morgan fingerprint density at radius 1 is 1.29 bits per heavy atom. The van der Waals surface area contributed by atoms with Gasteiger partial charge in [-0.05, 0) is 37.0 Å². The number of benzene rings is 1. The van der Waals surface area contributed by atoms with E-state index in [9.17, 15) is 9.59 Å². The summed E-state index contributed by atoms with van der Waals surface area (Å²) in [5.41, 5.74) is 0.946. The average molecular weight is 333 g/mol. The fraction of sp³-hybridized carbons (Fsp3) is 0.529. The molecule has 3 amide bonds. The van der Waals surface area contributed by atoms with E-state index in [0.29, 0.717) is 38.5 Å². The molecule has 0 bridgehead atoms. The quantitative estimate of drug-likeness (QED) is 0.873. The molecule has 0 saturated carbocycles. The summed E-state index contributed by atoms with van der Waals surface area (Å²) in [6.45, 7) is 2.19. The van der Waals surface area contributed by atoms with Crippen molar-refractivity contribution in [2.24, 2.45) is 0 Å². The van der Waals surface area contributed by atoms with E-state index in [4.69, 9.17) is 9.47 Å². The summed E-state index contributed by atoms with van der Waals surface area (Å²) in [6, 6.07) is 4.94. The zero-order valence-corrected chi connectivity index (χ0v) is 13.8. The van der Waals surface area contributed by atoms with Crippen LogP contribution in [0.25, 0.3) is 0 Å². The molecule has 24 heavy (non-hydrogen) atoms. The van der Waals surface area contributed by atoms with Crippen molar-refractivity contribution in [2.45, 2.75) is 31.8 Å². The molecule has 0 aromatic heterocycles. The fourth-order valence-corrected chi connectivity index (χ4v) is 2.87. The number of urea groups is 1. The third-order valence-corrected chi connectivity index (χ3v) is 4.21. The van der Waals surface area contributed by atoms with Crippen LogP contribution in [0.1, 0.15) is 24.8 Å². The summed E-state index contributed by atoms with van der Waals surface area (Å²) in [5.74, 6) is 1.33. The van der Waals surface area contributed by atoms with Crippen LogP contribution < -0.4 is 20.1 Å². The van der Waals surface area contributed by atoms with Crippen LogP contribution in [0.2, 0.25) is 0 Å². The zero-order valence-electron chi connectivity index (χ0n) is 13.8. The van der Waals surface area contributed by atoms with Crippen molar-refractivity contribution in [3.8, 4) is 11.5 Å². The van der Waals surface area contributed by atoms with Crippen molar-refractivity contribution >= 4 is 11.9 Å². The van der Waals surface area contributed by atoms with Crippen molar-refractivity contribution in [3.63, 3.8) is 0 Å². The molecule has 1 saturated heterocycles. The maximum Gasteiger partial charge on any atom is 0.318 e. The lowest BCUT2D eigenvalue weighted by molar-refractivity contribution is -0.122. The number of hydrogen-bond acceptors (Lipinski definition) is 4. The number of ether oxygens (including phenoxy) is 2. The summed E-state index contributed by atoms with van der Waals surface area (Å²) in [6.07, 6.45) is 2.55. The van der Waals surface area contributed by atoms with Crippen molar-refractivity contribution in [1.82, 2.24) is 15.5 Å². The molecular weight excluding hydrogens is 310 g/mol. The summed E-state index contributed by atoms with van der Waals surface area (Å²) in [7, 11) is 1.71. The first-order valence-electron chi connectivity index (χ1n) is 8.31. The Balaban J connectivity index is 1.58. The topological polar surface area (TPSA) is 79.9 Å². The van der Waals surface area contributed by atoms with Crippen molar-refractivity contribution in [2.75, 3.05) is 26.8 Å². The van der Waals surface area contributed by atoms with Crippen LogP contribution in [0.5, 0.6) is 11.5 Å². The third-order valence-electron chi connectivity index (χ3n) is 4.21. The first kappa shape index (κ1) is 16.4. The lowest BCUT2D eigenvalue weighted by Crippen LogP contribution is -2.49. The maximum atomic E-state index is 12.3. The molecule has 1 aromatic rings. The van der Waals surface area contributed by atoms with Gasteiger partial charge in [0.15, 0.2) is 11.5 Å². The number of nitrogens with zero attached hydrogens (tertiary/aromatic N) is 1. The van der Waals surface area contributed by atoms with Crippen molar-refractivity contribution < 1.29 is 19.1 Å². The molecule has 1 fully saturated rings. The second kappa shape index (κ2) is 7.42. The minimum absolute atomic E-state index is 0.103. The Hall–Kier alpha value is -2.44. The van der Waals surface area contributed by atoms with Gasteiger partial charge in [-0.15, -0.1) is 0 Å². The number of amides is 3. The van der Waals surface area contributed by atoms with Crippen LogP contribution in [-0.2, 0) is 11.3 Å². The summed E-state index contributed by atoms with van der Waals surface area (Å²) in [4.78, 5) is 25.8. The van der Waals surface area contributed by atoms with E-state index in [0.717, 1.165) is 24.2 Å². The Labute approximate surface area is 141 Å². The fourth-order valence-electron chi connectivity index (χ4n) is 2.87. The first-order valence-corrected chi connectivity index (χ1v) is 8.31. The molecule has 7 nitrogen and oxygen atoms in total. The Morgan fingerprint density at radius 3 is 2.92 bits per heavy atom. The number of nitrogens with one attached hydrogen (secondary N) is 2. The zero-order chi connectivity index (χ0) is 16.9. The number of carbonyl (C=O) groups excluding carboxylic acids is 2. The van der Waals surface area contributed by atoms with Gasteiger partial charge in [-0.1, -0.05) is 6.07 Å². The Bertz CT molecular complexity index is 620. The SMILES string of the molecule is CN(Cc1ccc2c(c1)OCCO2)C(=O)N[C@@H]1CCCCNC1=O. The smallest absolute Gasteiger partial charge is 0.318 e. The van der Waals surface area contributed by atoms with E-state index >= 15 is 0 Å². The van der Waals surface area contributed by atoms with E-state index in [-0.39, 0.29) is 11.9 Å². The minimum atomic E-state index is -0.456. The van der Waals surface area contributed by atoms with E-state index in [1.807, 2.05) is 18.2 Å². The molecule has 2 aliphatic heterocycles. The van der Waals surface area contributed by atoms with Crippen molar-refractivity contribution in [1.29, 1.82) is 0 Å². The lowest BCUT2D eigenvalue weighted by Gasteiger charge is -2.23. The van der Waals surface area contributed by atoms with Crippen LogP contribution in [0.4, 0.5) is 4.79 Å². The molecule has 2 N–H and O–H groups in total. The van der Waals surface area contributed by atoms with Gasteiger partial charge < -0.3 is 25.0 Å².